The highest BCUT2D eigenvalue weighted by Crippen LogP contribution is 2.37. The molecule has 0 aliphatic carbocycles. The Hall–Kier alpha value is -4.33. The van der Waals surface area contributed by atoms with E-state index in [1.165, 1.54) is 32.4 Å². The predicted octanol–water partition coefficient (Wildman–Crippen LogP) is 4.64. The molecule has 1 aliphatic rings. The Kier molecular flexibility index (Phi) is 6.49. The summed E-state index contributed by atoms with van der Waals surface area (Å²) in [5, 5.41) is 3.03. The number of para-hydroxylation sites is 1. The fourth-order valence-corrected chi connectivity index (χ4v) is 3.70. The lowest BCUT2D eigenvalue weighted by molar-refractivity contribution is -0.120. The van der Waals surface area contributed by atoms with Crippen LogP contribution in [-0.2, 0) is 9.59 Å². The fourth-order valence-electron chi connectivity index (χ4n) is 3.70. The number of amides is 2. The number of halogens is 1. The van der Waals surface area contributed by atoms with Gasteiger partial charge in [0.1, 0.15) is 28.8 Å². The van der Waals surface area contributed by atoms with Gasteiger partial charge in [0, 0.05) is 6.07 Å². The van der Waals surface area contributed by atoms with Crippen LogP contribution in [0.1, 0.15) is 12.5 Å². The Bertz CT molecular complexity index is 1270. The van der Waals surface area contributed by atoms with Crippen LogP contribution in [0.15, 0.2) is 72.4 Å². The summed E-state index contributed by atoms with van der Waals surface area (Å²) in [6.45, 7) is 2.36. The number of anilines is 2. The number of imide groups is 1. The van der Waals surface area contributed by atoms with Gasteiger partial charge in [0.05, 0.1) is 37.8 Å². The molecule has 1 N–H and O–H groups in total. The molecular weight excluding hydrogens is 439 g/mol. The van der Waals surface area contributed by atoms with Crippen molar-refractivity contribution >= 4 is 28.8 Å². The molecule has 1 aliphatic heterocycles. The Labute approximate surface area is 196 Å². The van der Waals surface area contributed by atoms with Crippen molar-refractivity contribution in [2.24, 2.45) is 0 Å². The van der Waals surface area contributed by atoms with Crippen LogP contribution < -0.4 is 24.4 Å². The van der Waals surface area contributed by atoms with Gasteiger partial charge in [0.15, 0.2) is 0 Å². The van der Waals surface area contributed by atoms with Crippen LogP contribution in [-0.4, -0.2) is 32.6 Å². The van der Waals surface area contributed by atoms with Gasteiger partial charge in [-0.15, -0.1) is 0 Å². The molecular formula is C26H23FN2O5. The third kappa shape index (κ3) is 4.17. The minimum atomic E-state index is -0.691. The summed E-state index contributed by atoms with van der Waals surface area (Å²) in [6, 6.07) is 17.4. The van der Waals surface area contributed by atoms with Gasteiger partial charge in [-0.25, -0.2) is 9.29 Å². The summed E-state index contributed by atoms with van der Waals surface area (Å²) < 4.78 is 30.8. The highest BCUT2D eigenvalue weighted by Gasteiger charge is 2.41. The lowest BCUT2D eigenvalue weighted by Crippen LogP contribution is -2.33. The first-order chi connectivity index (χ1) is 16.5. The second-order valence-electron chi connectivity index (χ2n) is 7.30. The molecule has 0 atom stereocenters. The van der Waals surface area contributed by atoms with E-state index in [9.17, 15) is 14.0 Å². The van der Waals surface area contributed by atoms with Crippen LogP contribution in [0, 0.1) is 5.82 Å². The molecule has 0 bridgehead atoms. The quantitative estimate of drug-likeness (QED) is 0.492. The maximum atomic E-state index is 14.6. The normalized spacial score (nSPS) is 13.4. The summed E-state index contributed by atoms with van der Waals surface area (Å²) in [4.78, 5) is 27.8. The van der Waals surface area contributed by atoms with Gasteiger partial charge in [-0.1, -0.05) is 24.3 Å². The summed E-state index contributed by atoms with van der Waals surface area (Å²) in [7, 11) is 3.00. The molecule has 1 heterocycles. The Balaban J connectivity index is 1.84. The number of carbonyl (C=O) groups excluding carboxylic acids is 2. The monoisotopic (exact) mass is 462 g/mol. The summed E-state index contributed by atoms with van der Waals surface area (Å²) in [5.41, 5.74) is 0.849. The Morgan fingerprint density at radius 3 is 2.24 bits per heavy atom. The number of methoxy groups -OCH3 is 2. The second-order valence-corrected chi connectivity index (χ2v) is 7.30. The van der Waals surface area contributed by atoms with Gasteiger partial charge in [0.2, 0.25) is 0 Å². The van der Waals surface area contributed by atoms with Gasteiger partial charge < -0.3 is 19.5 Å². The molecule has 0 spiro atoms. The lowest BCUT2D eigenvalue weighted by atomic mass is 10.0. The number of carbonyl (C=O) groups is 2. The van der Waals surface area contributed by atoms with E-state index in [0.29, 0.717) is 35.1 Å². The minimum absolute atomic E-state index is 0.0102. The van der Waals surface area contributed by atoms with E-state index < -0.39 is 17.6 Å². The van der Waals surface area contributed by atoms with Gasteiger partial charge in [-0.05, 0) is 48.9 Å². The van der Waals surface area contributed by atoms with Gasteiger partial charge in [0.25, 0.3) is 11.8 Å². The van der Waals surface area contributed by atoms with E-state index in [1.54, 1.807) is 48.5 Å². The highest BCUT2D eigenvalue weighted by molar-refractivity contribution is 6.46. The Morgan fingerprint density at radius 1 is 0.882 bits per heavy atom. The zero-order valence-corrected chi connectivity index (χ0v) is 18.9. The first kappa shape index (κ1) is 22.8. The van der Waals surface area contributed by atoms with Crippen molar-refractivity contribution in [2.45, 2.75) is 6.92 Å². The lowest BCUT2D eigenvalue weighted by Gasteiger charge is -2.16. The molecule has 3 aromatic carbocycles. The third-order valence-electron chi connectivity index (χ3n) is 5.30. The molecule has 7 nitrogen and oxygen atoms in total. The number of nitrogens with zero attached hydrogens (tertiary/aromatic N) is 1. The van der Waals surface area contributed by atoms with E-state index in [-0.39, 0.29) is 17.0 Å². The van der Waals surface area contributed by atoms with Crippen LogP contribution in [0.25, 0.3) is 5.57 Å². The predicted molar refractivity (Wildman–Crippen MR) is 127 cm³/mol. The van der Waals surface area contributed by atoms with Crippen molar-refractivity contribution in [1.29, 1.82) is 0 Å². The molecule has 174 valence electrons. The standard InChI is InChI=1S/C26H23FN2O5/c1-4-34-17-11-9-16(10-12-17)23-24(28-20-15-18(32-2)13-14-22(20)33-3)26(31)29(25(23)30)21-8-6-5-7-19(21)27/h5-15,28H,4H2,1-3H3. The average Bonchev–Trinajstić information content (AvgIpc) is 3.09. The molecule has 0 unspecified atom stereocenters. The number of hydrogen-bond donors (Lipinski definition) is 1. The zero-order chi connectivity index (χ0) is 24.2. The van der Waals surface area contributed by atoms with Crippen LogP contribution in [0.5, 0.6) is 17.2 Å². The van der Waals surface area contributed by atoms with Crippen LogP contribution in [0.2, 0.25) is 0 Å². The van der Waals surface area contributed by atoms with Crippen molar-refractivity contribution in [3.8, 4) is 17.2 Å². The van der Waals surface area contributed by atoms with Crippen LogP contribution in [0.4, 0.5) is 15.8 Å². The van der Waals surface area contributed by atoms with E-state index in [4.69, 9.17) is 14.2 Å². The molecule has 0 fully saturated rings. The molecule has 0 aromatic heterocycles. The molecule has 8 heteroatoms. The smallest absolute Gasteiger partial charge is 0.282 e. The van der Waals surface area contributed by atoms with E-state index >= 15 is 0 Å². The number of nitrogens with one attached hydrogen (secondary N) is 1. The second kappa shape index (κ2) is 9.66. The highest BCUT2D eigenvalue weighted by atomic mass is 19.1. The fraction of sp³-hybridized carbons (Fsp3) is 0.154. The van der Waals surface area contributed by atoms with Crippen molar-refractivity contribution in [2.75, 3.05) is 31.0 Å². The Morgan fingerprint density at radius 2 is 1.59 bits per heavy atom. The molecule has 0 radical (unpaired) electrons. The number of ether oxygens (including phenoxy) is 3. The van der Waals surface area contributed by atoms with Crippen LogP contribution in [0.3, 0.4) is 0 Å². The SMILES string of the molecule is CCOc1ccc(C2=C(Nc3cc(OC)ccc3OC)C(=O)N(c3ccccc3F)C2=O)cc1. The number of benzene rings is 3. The van der Waals surface area contributed by atoms with Gasteiger partial charge >= 0.3 is 0 Å². The first-order valence-electron chi connectivity index (χ1n) is 10.6. The maximum absolute atomic E-state index is 14.6. The van der Waals surface area contributed by atoms with Gasteiger partial charge in [-0.2, -0.15) is 0 Å². The topological polar surface area (TPSA) is 77.1 Å². The molecule has 3 aromatic rings. The van der Waals surface area contributed by atoms with E-state index in [1.807, 2.05) is 6.92 Å². The first-order valence-corrected chi connectivity index (χ1v) is 10.6. The van der Waals surface area contributed by atoms with Crippen molar-refractivity contribution < 1.29 is 28.2 Å². The minimum Gasteiger partial charge on any atom is -0.497 e. The average molecular weight is 462 g/mol. The van der Waals surface area contributed by atoms with Crippen molar-refractivity contribution in [3.05, 3.63) is 83.8 Å². The maximum Gasteiger partial charge on any atom is 0.282 e. The number of hydrogen-bond acceptors (Lipinski definition) is 6. The molecule has 2 amide bonds. The van der Waals surface area contributed by atoms with E-state index in [0.717, 1.165) is 4.90 Å². The molecule has 4 rings (SSSR count). The van der Waals surface area contributed by atoms with Gasteiger partial charge in [-0.3, -0.25) is 9.59 Å². The third-order valence-corrected chi connectivity index (χ3v) is 5.30. The van der Waals surface area contributed by atoms with E-state index in [2.05, 4.69) is 5.32 Å². The van der Waals surface area contributed by atoms with Crippen molar-refractivity contribution in [1.82, 2.24) is 0 Å². The molecule has 0 saturated heterocycles. The summed E-state index contributed by atoms with van der Waals surface area (Å²) in [5.74, 6) is -0.445. The van der Waals surface area contributed by atoms with Crippen molar-refractivity contribution in [3.63, 3.8) is 0 Å². The summed E-state index contributed by atoms with van der Waals surface area (Å²) >= 11 is 0. The molecule has 0 saturated carbocycles. The zero-order valence-electron chi connectivity index (χ0n) is 18.9. The largest absolute Gasteiger partial charge is 0.497 e. The van der Waals surface area contributed by atoms with Crippen LogP contribution >= 0.6 is 0 Å². The number of rotatable bonds is 8. The summed E-state index contributed by atoms with van der Waals surface area (Å²) in [6.07, 6.45) is 0. The molecule has 34 heavy (non-hydrogen) atoms.